The summed E-state index contributed by atoms with van der Waals surface area (Å²) in [7, 11) is 0. The van der Waals surface area contributed by atoms with Crippen molar-refractivity contribution in [1.82, 2.24) is 39.7 Å². The summed E-state index contributed by atoms with van der Waals surface area (Å²) >= 11 is 6.26. The standard InChI is InChI=1S/C23H15ClFN8O/c24-15-3-5-18(32-12-27-30-31-32)17(10-15)14-8-16-4-6-19(33(16)20(34)9-14)23-28-21(22(25)29-23)13-2-1-7-26-11-13/h1-3,5,8-12,19H,4,6H2,(H,28,29)/t19-/m0/s1. The van der Waals surface area contributed by atoms with E-state index in [4.69, 9.17) is 11.6 Å². The average molecular weight is 474 g/mol. The molecule has 0 bridgehead atoms. The van der Waals surface area contributed by atoms with Gasteiger partial charge in [-0.15, -0.1) is 5.10 Å². The molecule has 5 heterocycles. The van der Waals surface area contributed by atoms with E-state index < -0.39 is 12.0 Å². The molecule has 167 valence electrons. The van der Waals surface area contributed by atoms with Crippen molar-refractivity contribution in [3.63, 3.8) is 0 Å². The predicted octanol–water partition coefficient (Wildman–Crippen LogP) is 3.40. The van der Waals surface area contributed by atoms with Crippen LogP contribution in [0.4, 0.5) is 4.39 Å². The van der Waals surface area contributed by atoms with Crippen molar-refractivity contribution in [2.24, 2.45) is 0 Å². The van der Waals surface area contributed by atoms with Gasteiger partial charge in [0.25, 0.3) is 5.56 Å². The molecule has 9 nitrogen and oxygen atoms in total. The fourth-order valence-corrected chi connectivity index (χ4v) is 4.58. The van der Waals surface area contributed by atoms with E-state index in [1.54, 1.807) is 41.0 Å². The van der Waals surface area contributed by atoms with Crippen molar-refractivity contribution >= 4 is 11.6 Å². The van der Waals surface area contributed by atoms with Crippen molar-refractivity contribution in [1.29, 1.82) is 0 Å². The first-order chi connectivity index (χ1) is 16.6. The van der Waals surface area contributed by atoms with Gasteiger partial charge in [0.1, 0.15) is 17.8 Å². The molecule has 1 atom stereocenters. The average Bonchev–Trinajstić information content (AvgIpc) is 3.59. The minimum Gasteiger partial charge on any atom is -0.338 e. The Kier molecular flexibility index (Phi) is 4.80. The Morgan fingerprint density at radius 3 is 2.88 bits per heavy atom. The third-order valence-electron chi connectivity index (χ3n) is 5.90. The van der Waals surface area contributed by atoms with Gasteiger partial charge < -0.3 is 9.55 Å². The lowest BCUT2D eigenvalue weighted by Crippen LogP contribution is -2.24. The molecule has 1 aromatic carbocycles. The van der Waals surface area contributed by atoms with Gasteiger partial charge in [0.15, 0.2) is 0 Å². The number of halogens is 2. The third-order valence-corrected chi connectivity index (χ3v) is 6.13. The smallest absolute Gasteiger partial charge is 0.252 e. The Morgan fingerprint density at radius 2 is 2.09 bits per heavy atom. The first-order valence-corrected chi connectivity index (χ1v) is 10.8. The molecular weight excluding hydrogens is 459 g/mol. The highest BCUT2D eigenvalue weighted by molar-refractivity contribution is 6.31. The number of H-pyrrole nitrogens is 1. The number of fused-ring (bicyclic) bond motifs is 1. The zero-order valence-electron chi connectivity index (χ0n) is 17.5. The Bertz CT molecular complexity index is 1560. The van der Waals surface area contributed by atoms with Crippen LogP contribution >= 0.6 is 11.6 Å². The lowest BCUT2D eigenvalue weighted by molar-refractivity contribution is 0.548. The Hall–Kier alpha value is -4.18. The summed E-state index contributed by atoms with van der Waals surface area (Å²) < 4.78 is 17.8. The van der Waals surface area contributed by atoms with Crippen LogP contribution in [0.15, 0.2) is 59.8 Å². The van der Waals surface area contributed by atoms with Crippen LogP contribution < -0.4 is 5.56 Å². The van der Waals surface area contributed by atoms with Crippen LogP contribution in [0.5, 0.6) is 0 Å². The molecule has 0 saturated carbocycles. The van der Waals surface area contributed by atoms with Gasteiger partial charge in [-0.25, -0.2) is 4.98 Å². The zero-order chi connectivity index (χ0) is 23.2. The monoisotopic (exact) mass is 473 g/mol. The Labute approximate surface area is 196 Å². The SMILES string of the molecule is O=c1cc(-c2cc(Cl)ccc2-n2cnnn2)cc2n1[C@H](c1nc(F)c(-c3cc[c]nc3)[nH]1)CC2. The molecule has 0 saturated heterocycles. The third kappa shape index (κ3) is 3.39. The normalized spacial score (nSPS) is 14.9. The fourth-order valence-electron chi connectivity index (χ4n) is 4.41. The van der Waals surface area contributed by atoms with Gasteiger partial charge in [-0.2, -0.15) is 9.07 Å². The number of hydrogen-bond donors (Lipinski definition) is 1. The molecule has 0 unspecified atom stereocenters. The number of imidazole rings is 1. The van der Waals surface area contributed by atoms with Crippen LogP contribution in [0.1, 0.15) is 24.0 Å². The number of nitrogens with one attached hydrogen (secondary N) is 1. The van der Waals surface area contributed by atoms with Crippen LogP contribution in [-0.2, 0) is 6.42 Å². The van der Waals surface area contributed by atoms with Gasteiger partial charge in [0.2, 0.25) is 5.95 Å². The van der Waals surface area contributed by atoms with E-state index in [9.17, 15) is 9.18 Å². The first kappa shape index (κ1) is 20.4. The maximum Gasteiger partial charge on any atom is 0.252 e. The van der Waals surface area contributed by atoms with E-state index in [0.29, 0.717) is 40.5 Å². The number of hydrogen-bond acceptors (Lipinski definition) is 6. The highest BCUT2D eigenvalue weighted by atomic mass is 35.5. The molecule has 1 radical (unpaired) electrons. The van der Waals surface area contributed by atoms with Gasteiger partial charge in [-0.1, -0.05) is 11.6 Å². The molecule has 4 aromatic heterocycles. The van der Waals surface area contributed by atoms with E-state index in [-0.39, 0.29) is 11.3 Å². The molecule has 1 aliphatic heterocycles. The molecule has 0 aliphatic carbocycles. The van der Waals surface area contributed by atoms with Crippen molar-refractivity contribution in [2.75, 3.05) is 0 Å². The van der Waals surface area contributed by atoms with Crippen LogP contribution in [0, 0.1) is 12.1 Å². The van der Waals surface area contributed by atoms with E-state index in [0.717, 1.165) is 11.3 Å². The quantitative estimate of drug-likeness (QED) is 0.428. The van der Waals surface area contributed by atoms with Gasteiger partial charge in [-0.3, -0.25) is 9.78 Å². The van der Waals surface area contributed by atoms with E-state index in [1.807, 2.05) is 6.07 Å². The van der Waals surface area contributed by atoms with Gasteiger partial charge in [-0.05, 0) is 65.2 Å². The number of aromatic amines is 1. The second kappa shape index (κ2) is 7.99. The van der Waals surface area contributed by atoms with Crippen LogP contribution in [-0.4, -0.2) is 39.7 Å². The molecule has 11 heteroatoms. The number of pyridine rings is 2. The minimum atomic E-state index is -0.633. The van der Waals surface area contributed by atoms with Crippen molar-refractivity contribution in [3.8, 4) is 28.1 Å². The summed E-state index contributed by atoms with van der Waals surface area (Å²) in [4.78, 5) is 24.3. The van der Waals surface area contributed by atoms with Crippen molar-refractivity contribution < 1.29 is 4.39 Å². The Morgan fingerprint density at radius 1 is 1.18 bits per heavy atom. The van der Waals surface area contributed by atoms with E-state index in [2.05, 4.69) is 36.7 Å². The zero-order valence-corrected chi connectivity index (χ0v) is 18.2. The van der Waals surface area contributed by atoms with Crippen LogP contribution in [0.25, 0.3) is 28.1 Å². The summed E-state index contributed by atoms with van der Waals surface area (Å²) in [6.45, 7) is 0. The second-order valence-corrected chi connectivity index (χ2v) is 8.31. The number of rotatable bonds is 4. The summed E-state index contributed by atoms with van der Waals surface area (Å²) in [5.41, 5.74) is 3.52. The molecule has 34 heavy (non-hydrogen) atoms. The maximum atomic E-state index is 14.6. The van der Waals surface area contributed by atoms with E-state index >= 15 is 0 Å². The highest BCUT2D eigenvalue weighted by Gasteiger charge is 2.29. The van der Waals surface area contributed by atoms with Crippen molar-refractivity contribution in [2.45, 2.75) is 18.9 Å². The minimum absolute atomic E-state index is 0.216. The number of aromatic nitrogens is 8. The molecule has 0 fully saturated rings. The molecular formula is C23H15ClFN8O. The van der Waals surface area contributed by atoms with Gasteiger partial charge in [0.05, 0.1) is 17.9 Å². The molecule has 1 N–H and O–H groups in total. The topological polar surface area (TPSA) is 107 Å². The first-order valence-electron chi connectivity index (χ1n) is 10.4. The van der Waals surface area contributed by atoms with Crippen LogP contribution in [0.3, 0.4) is 0 Å². The Balaban J connectivity index is 1.42. The molecule has 5 aromatic rings. The fraction of sp³-hybridized carbons (Fsp3) is 0.130. The largest absolute Gasteiger partial charge is 0.338 e. The highest BCUT2D eigenvalue weighted by Crippen LogP contribution is 2.34. The summed E-state index contributed by atoms with van der Waals surface area (Å²) in [5, 5.41) is 11.9. The molecule has 6 rings (SSSR count). The summed E-state index contributed by atoms with van der Waals surface area (Å²) in [5.74, 6) is -0.239. The lowest BCUT2D eigenvalue weighted by Gasteiger charge is -2.15. The second-order valence-electron chi connectivity index (χ2n) is 7.88. The number of aryl methyl sites for hydroxylation is 1. The summed E-state index contributed by atoms with van der Waals surface area (Å²) in [6.07, 6.45) is 6.90. The number of tetrazole rings is 1. The van der Waals surface area contributed by atoms with E-state index in [1.165, 1.54) is 17.2 Å². The molecule has 0 spiro atoms. The van der Waals surface area contributed by atoms with Gasteiger partial charge in [0, 0.05) is 34.1 Å². The maximum absolute atomic E-state index is 14.6. The van der Waals surface area contributed by atoms with Crippen LogP contribution in [0.2, 0.25) is 5.02 Å². The molecule has 1 aliphatic rings. The lowest BCUT2D eigenvalue weighted by atomic mass is 10.0. The number of benzene rings is 1. The summed E-state index contributed by atoms with van der Waals surface area (Å²) in [6, 6.07) is 11.7. The van der Waals surface area contributed by atoms with Crippen molar-refractivity contribution in [3.05, 3.63) is 94.0 Å². The molecule has 0 amide bonds. The predicted molar refractivity (Wildman–Crippen MR) is 121 cm³/mol. The number of nitrogens with zero attached hydrogens (tertiary/aromatic N) is 7. The van der Waals surface area contributed by atoms with Gasteiger partial charge >= 0.3 is 0 Å².